The molecule has 0 atom stereocenters. The molecule has 2 aromatic rings. The number of carboxylic acids is 1. The lowest BCUT2D eigenvalue weighted by molar-refractivity contribution is 0.0693. The number of aromatic carboxylic acids is 1. The summed E-state index contributed by atoms with van der Waals surface area (Å²) in [6.07, 6.45) is 1.52. The Morgan fingerprint density at radius 2 is 2.36 bits per heavy atom. The van der Waals surface area contributed by atoms with E-state index in [0.29, 0.717) is 0 Å². The van der Waals surface area contributed by atoms with Crippen molar-refractivity contribution in [3.05, 3.63) is 18.0 Å². The van der Waals surface area contributed by atoms with E-state index in [0.717, 1.165) is 9.40 Å². The molecule has 2 aromatic heterocycles. The summed E-state index contributed by atoms with van der Waals surface area (Å²) >= 11 is 0. The summed E-state index contributed by atoms with van der Waals surface area (Å²) in [7, 11) is 3.03. The minimum absolute atomic E-state index is 0.172. The van der Waals surface area contributed by atoms with Crippen molar-refractivity contribution >= 4 is 36.1 Å². The van der Waals surface area contributed by atoms with E-state index in [4.69, 9.17) is 5.11 Å². The van der Waals surface area contributed by atoms with Crippen LogP contribution in [0.25, 0.3) is 9.40 Å². The van der Waals surface area contributed by atoms with Crippen LogP contribution in [0.3, 0.4) is 0 Å². The minimum Gasteiger partial charge on any atom is -0.476 e. The lowest BCUT2D eigenvalue weighted by Gasteiger charge is -2.00. The molecule has 0 saturated carbocycles. The van der Waals surface area contributed by atoms with E-state index in [1.165, 1.54) is 16.5 Å². The van der Waals surface area contributed by atoms with Crippen molar-refractivity contribution in [2.75, 3.05) is 0 Å². The third-order valence-corrected chi connectivity index (χ3v) is 3.89. The van der Waals surface area contributed by atoms with Gasteiger partial charge < -0.3 is 5.11 Å². The highest BCUT2D eigenvalue weighted by Crippen LogP contribution is 2.33. The highest BCUT2D eigenvalue weighted by molar-refractivity contribution is 7.78. The van der Waals surface area contributed by atoms with Crippen LogP contribution in [0.5, 0.6) is 0 Å². The summed E-state index contributed by atoms with van der Waals surface area (Å²) in [5.41, 5.74) is 0.172. The number of fused-ring (bicyclic) bond motifs is 1. The van der Waals surface area contributed by atoms with Gasteiger partial charge in [0.15, 0.2) is 5.69 Å². The second-order valence-electron chi connectivity index (χ2n) is 1.96. The normalized spacial score (nSPS) is 10.5. The molecule has 5 heteroatoms. The van der Waals surface area contributed by atoms with Gasteiger partial charge in [-0.1, -0.05) is 20.7 Å². The van der Waals surface area contributed by atoms with E-state index in [1.807, 2.05) is 6.07 Å². The molecule has 56 valence electrons. The molecule has 2 rings (SSSR count). The number of aromatic nitrogens is 1. The van der Waals surface area contributed by atoms with Crippen molar-refractivity contribution in [1.82, 2.24) is 4.98 Å². The van der Waals surface area contributed by atoms with Gasteiger partial charge in [-0.2, -0.15) is 0 Å². The van der Waals surface area contributed by atoms with E-state index < -0.39 is 5.97 Å². The summed E-state index contributed by atoms with van der Waals surface area (Å²) in [4.78, 5) is 14.3. The molecule has 2 heterocycles. The molecule has 0 aliphatic carbocycles. The molecule has 0 aliphatic rings. The summed E-state index contributed by atoms with van der Waals surface area (Å²) in [6.45, 7) is 0. The molecule has 11 heavy (non-hydrogen) atoms. The van der Waals surface area contributed by atoms with E-state index in [-0.39, 0.29) is 5.69 Å². The fourth-order valence-corrected chi connectivity index (χ4v) is 2.74. The number of carboxylic acid groups (broad SMARTS) is 1. The quantitative estimate of drug-likeness (QED) is 0.692. The highest BCUT2D eigenvalue weighted by atomic mass is 32.9. The summed E-state index contributed by atoms with van der Waals surface area (Å²) < 4.78 is 1.81. The zero-order chi connectivity index (χ0) is 7.84. The molecule has 0 radical (unpaired) electrons. The van der Waals surface area contributed by atoms with Crippen LogP contribution in [0.1, 0.15) is 10.5 Å². The Morgan fingerprint density at radius 1 is 1.55 bits per heavy atom. The van der Waals surface area contributed by atoms with Crippen molar-refractivity contribution in [3.8, 4) is 0 Å². The highest BCUT2D eigenvalue weighted by Gasteiger charge is 2.12. The summed E-state index contributed by atoms with van der Waals surface area (Å²) in [5, 5.41) is 8.64. The maximum Gasteiger partial charge on any atom is 0.356 e. The Bertz CT molecular complexity index is 403. The molecule has 0 amide bonds. The van der Waals surface area contributed by atoms with Crippen LogP contribution < -0.4 is 0 Å². The Labute approximate surface area is 69.3 Å². The van der Waals surface area contributed by atoms with Crippen molar-refractivity contribution in [2.45, 2.75) is 0 Å². The topological polar surface area (TPSA) is 50.2 Å². The van der Waals surface area contributed by atoms with Crippen molar-refractivity contribution < 1.29 is 9.90 Å². The number of hydrogen-bond donors (Lipinski definition) is 1. The molecule has 0 aromatic carbocycles. The van der Waals surface area contributed by atoms with Gasteiger partial charge in [0, 0.05) is 6.20 Å². The van der Waals surface area contributed by atoms with Gasteiger partial charge in [-0.25, -0.2) is 9.78 Å². The molecule has 0 aliphatic heterocycles. The van der Waals surface area contributed by atoms with Crippen LogP contribution in [0.4, 0.5) is 0 Å². The largest absolute Gasteiger partial charge is 0.476 e. The molecular formula is C6H3NO2S2. The van der Waals surface area contributed by atoms with E-state index in [2.05, 4.69) is 4.98 Å². The summed E-state index contributed by atoms with van der Waals surface area (Å²) in [6, 6.07) is 1.82. The molecule has 0 bridgehead atoms. The molecule has 0 saturated heterocycles. The van der Waals surface area contributed by atoms with Crippen LogP contribution in [0.15, 0.2) is 12.3 Å². The number of pyridine rings is 1. The van der Waals surface area contributed by atoms with Crippen LogP contribution >= 0.6 is 20.7 Å². The molecule has 0 unspecified atom stereocenters. The SMILES string of the molecule is O=C(O)c1nccc2ssc12. The predicted molar refractivity (Wildman–Crippen MR) is 44.5 cm³/mol. The first kappa shape index (κ1) is 6.75. The molecular weight excluding hydrogens is 182 g/mol. The minimum atomic E-state index is -0.949. The number of nitrogens with zero attached hydrogens (tertiary/aromatic N) is 1. The van der Waals surface area contributed by atoms with Gasteiger partial charge in [0.25, 0.3) is 0 Å². The van der Waals surface area contributed by atoms with Crippen LogP contribution in [-0.2, 0) is 0 Å². The lowest BCUT2D eigenvalue weighted by Crippen LogP contribution is -1.99. The molecule has 0 spiro atoms. The van der Waals surface area contributed by atoms with Crippen LogP contribution in [0, 0.1) is 0 Å². The van der Waals surface area contributed by atoms with E-state index in [9.17, 15) is 4.79 Å². The Kier molecular flexibility index (Phi) is 1.40. The van der Waals surface area contributed by atoms with Crippen LogP contribution in [-0.4, -0.2) is 16.1 Å². The lowest BCUT2D eigenvalue weighted by atomic mass is 10.3. The zero-order valence-electron chi connectivity index (χ0n) is 5.27. The fourth-order valence-electron chi connectivity index (χ4n) is 0.782. The van der Waals surface area contributed by atoms with E-state index >= 15 is 0 Å². The average molecular weight is 185 g/mol. The maximum absolute atomic E-state index is 10.5. The average Bonchev–Trinajstić information content (AvgIpc) is 1.90. The van der Waals surface area contributed by atoms with Gasteiger partial charge in [0.2, 0.25) is 0 Å². The van der Waals surface area contributed by atoms with Crippen molar-refractivity contribution in [3.63, 3.8) is 0 Å². The predicted octanol–water partition coefficient (Wildman–Crippen LogP) is 2.06. The Morgan fingerprint density at radius 3 is 2.82 bits per heavy atom. The summed E-state index contributed by atoms with van der Waals surface area (Å²) in [5.74, 6) is -0.949. The standard InChI is InChI=1S/C6H3NO2S2/c8-6(9)4-5-3(10-11-5)1-2-7-4/h1-2H,(H,8,9). The second kappa shape index (κ2) is 2.28. The fraction of sp³-hybridized carbons (Fsp3) is 0. The first-order valence-corrected chi connectivity index (χ1v) is 5.01. The van der Waals surface area contributed by atoms with Gasteiger partial charge in [0.05, 0.1) is 9.40 Å². The molecule has 3 nitrogen and oxygen atoms in total. The second-order valence-corrected chi connectivity index (χ2v) is 4.14. The molecule has 1 N–H and O–H groups in total. The van der Waals surface area contributed by atoms with Gasteiger partial charge in [-0.15, -0.1) is 0 Å². The molecule has 0 fully saturated rings. The third kappa shape index (κ3) is 0.928. The first-order valence-electron chi connectivity index (χ1n) is 2.86. The van der Waals surface area contributed by atoms with Crippen LogP contribution in [0.2, 0.25) is 0 Å². The Hall–Kier alpha value is -0.940. The number of hydrogen-bond acceptors (Lipinski definition) is 4. The number of rotatable bonds is 1. The third-order valence-electron chi connectivity index (χ3n) is 1.29. The first-order chi connectivity index (χ1) is 5.29. The van der Waals surface area contributed by atoms with E-state index in [1.54, 1.807) is 10.3 Å². The smallest absolute Gasteiger partial charge is 0.356 e. The monoisotopic (exact) mass is 185 g/mol. The van der Waals surface area contributed by atoms with Crippen molar-refractivity contribution in [2.24, 2.45) is 0 Å². The maximum atomic E-state index is 10.5. The zero-order valence-corrected chi connectivity index (χ0v) is 6.91. The Balaban J connectivity index is 2.71. The number of carbonyl (C=O) groups is 1. The van der Waals surface area contributed by atoms with Gasteiger partial charge in [0.1, 0.15) is 0 Å². The van der Waals surface area contributed by atoms with Gasteiger partial charge in [-0.3, -0.25) is 0 Å². The van der Waals surface area contributed by atoms with Crippen molar-refractivity contribution in [1.29, 1.82) is 0 Å². The van der Waals surface area contributed by atoms with Gasteiger partial charge in [-0.05, 0) is 6.07 Å². The van der Waals surface area contributed by atoms with Gasteiger partial charge >= 0.3 is 5.97 Å².